The highest BCUT2D eigenvalue weighted by atomic mass is 16.5. The zero-order valence-corrected chi connectivity index (χ0v) is 10.1. The third kappa shape index (κ3) is 2.28. The van der Waals surface area contributed by atoms with Crippen molar-refractivity contribution in [3.8, 4) is 5.75 Å². The molecule has 4 heteroatoms. The van der Waals surface area contributed by atoms with Crippen LogP contribution in [0.25, 0.3) is 6.08 Å². The van der Waals surface area contributed by atoms with Gasteiger partial charge in [-0.25, -0.2) is 0 Å². The maximum absolute atomic E-state index is 11.9. The van der Waals surface area contributed by atoms with E-state index in [9.17, 15) is 4.79 Å². The number of nitrogens with two attached hydrogens (primary N) is 1. The van der Waals surface area contributed by atoms with Crippen molar-refractivity contribution in [1.82, 2.24) is 0 Å². The molecule has 0 saturated heterocycles. The van der Waals surface area contributed by atoms with Crippen molar-refractivity contribution in [3.05, 3.63) is 59.9 Å². The second-order valence-corrected chi connectivity index (χ2v) is 4.23. The van der Waals surface area contributed by atoms with Crippen molar-refractivity contribution < 1.29 is 9.53 Å². The third-order valence-electron chi connectivity index (χ3n) is 2.81. The van der Waals surface area contributed by atoms with Gasteiger partial charge in [0.25, 0.3) is 5.91 Å². The Morgan fingerprint density at radius 3 is 2.58 bits per heavy atom. The number of benzene rings is 2. The average molecular weight is 252 g/mol. The molecule has 1 aliphatic rings. The Labute approximate surface area is 110 Å². The minimum Gasteiger partial charge on any atom is -0.449 e. The van der Waals surface area contributed by atoms with Crippen LogP contribution in [0.3, 0.4) is 0 Å². The van der Waals surface area contributed by atoms with Crippen molar-refractivity contribution in [3.63, 3.8) is 0 Å². The molecular formula is C15H12N2O2. The van der Waals surface area contributed by atoms with Crippen LogP contribution in [0, 0.1) is 0 Å². The molecule has 0 unspecified atom stereocenters. The Balaban J connectivity index is 1.94. The maximum Gasteiger partial charge on any atom is 0.291 e. The van der Waals surface area contributed by atoms with E-state index in [0.717, 1.165) is 5.56 Å². The van der Waals surface area contributed by atoms with E-state index in [-0.39, 0.29) is 11.7 Å². The predicted octanol–water partition coefficient (Wildman–Crippen LogP) is 2.64. The molecule has 0 spiro atoms. The highest BCUT2D eigenvalue weighted by Crippen LogP contribution is 2.30. The van der Waals surface area contributed by atoms with E-state index in [1.807, 2.05) is 30.3 Å². The van der Waals surface area contributed by atoms with Crippen LogP contribution < -0.4 is 15.8 Å². The molecule has 1 amide bonds. The van der Waals surface area contributed by atoms with Gasteiger partial charge in [0.05, 0.1) is 5.69 Å². The second-order valence-electron chi connectivity index (χ2n) is 4.23. The van der Waals surface area contributed by atoms with Gasteiger partial charge in [-0.2, -0.15) is 0 Å². The summed E-state index contributed by atoms with van der Waals surface area (Å²) in [6.07, 6.45) is 1.69. The molecule has 94 valence electrons. The first kappa shape index (κ1) is 11.3. The lowest BCUT2D eigenvalue weighted by Gasteiger charge is -2.19. The number of hydrogen-bond donors (Lipinski definition) is 2. The number of nitrogen functional groups attached to an aromatic ring is 1. The lowest BCUT2D eigenvalue weighted by molar-refractivity contribution is -0.115. The number of carbonyl (C=O) groups is 1. The van der Waals surface area contributed by atoms with Gasteiger partial charge < -0.3 is 15.8 Å². The Morgan fingerprint density at radius 2 is 1.79 bits per heavy atom. The minimum atomic E-state index is -0.254. The van der Waals surface area contributed by atoms with E-state index in [1.54, 1.807) is 24.3 Å². The lowest BCUT2D eigenvalue weighted by Crippen LogP contribution is -2.23. The first-order valence-electron chi connectivity index (χ1n) is 5.88. The number of anilines is 2. The van der Waals surface area contributed by atoms with Crippen LogP contribution in [0.4, 0.5) is 11.4 Å². The van der Waals surface area contributed by atoms with E-state index < -0.39 is 0 Å². The summed E-state index contributed by atoms with van der Waals surface area (Å²) in [5.41, 5.74) is 7.84. The predicted molar refractivity (Wildman–Crippen MR) is 74.5 cm³/mol. The number of para-hydroxylation sites is 2. The van der Waals surface area contributed by atoms with Crippen LogP contribution >= 0.6 is 0 Å². The molecule has 0 fully saturated rings. The van der Waals surface area contributed by atoms with Gasteiger partial charge in [0.15, 0.2) is 11.5 Å². The zero-order chi connectivity index (χ0) is 13.2. The molecular weight excluding hydrogens is 240 g/mol. The molecule has 19 heavy (non-hydrogen) atoms. The lowest BCUT2D eigenvalue weighted by atomic mass is 10.1. The van der Waals surface area contributed by atoms with E-state index in [4.69, 9.17) is 10.5 Å². The van der Waals surface area contributed by atoms with Gasteiger partial charge in [0.2, 0.25) is 0 Å². The summed E-state index contributed by atoms with van der Waals surface area (Å²) in [4.78, 5) is 11.9. The van der Waals surface area contributed by atoms with Crippen molar-refractivity contribution in [2.75, 3.05) is 11.1 Å². The van der Waals surface area contributed by atoms with Gasteiger partial charge in [-0.1, -0.05) is 24.3 Å². The summed E-state index contributed by atoms with van der Waals surface area (Å²) in [5, 5.41) is 2.78. The summed E-state index contributed by atoms with van der Waals surface area (Å²) >= 11 is 0. The topological polar surface area (TPSA) is 64.3 Å². The Hall–Kier alpha value is -2.75. The normalized spacial score (nSPS) is 15.6. The zero-order valence-electron chi connectivity index (χ0n) is 10.1. The van der Waals surface area contributed by atoms with E-state index >= 15 is 0 Å². The molecule has 0 bridgehead atoms. The van der Waals surface area contributed by atoms with Crippen LogP contribution in [0.1, 0.15) is 5.56 Å². The Kier molecular flexibility index (Phi) is 2.68. The van der Waals surface area contributed by atoms with Gasteiger partial charge in [-0.3, -0.25) is 4.79 Å². The van der Waals surface area contributed by atoms with E-state index in [0.29, 0.717) is 17.1 Å². The van der Waals surface area contributed by atoms with Crippen LogP contribution in [-0.4, -0.2) is 5.91 Å². The second kappa shape index (κ2) is 4.49. The van der Waals surface area contributed by atoms with Gasteiger partial charge in [0, 0.05) is 5.69 Å². The Morgan fingerprint density at radius 1 is 1.05 bits per heavy atom. The number of rotatable bonds is 1. The van der Waals surface area contributed by atoms with Crippen molar-refractivity contribution in [2.24, 2.45) is 0 Å². The fourth-order valence-corrected chi connectivity index (χ4v) is 1.85. The van der Waals surface area contributed by atoms with Crippen LogP contribution in [-0.2, 0) is 4.79 Å². The molecule has 0 saturated carbocycles. The maximum atomic E-state index is 11.9. The number of nitrogens with one attached hydrogen (secondary N) is 1. The van der Waals surface area contributed by atoms with Crippen molar-refractivity contribution in [1.29, 1.82) is 0 Å². The molecule has 4 nitrogen and oxygen atoms in total. The van der Waals surface area contributed by atoms with Crippen LogP contribution in [0.5, 0.6) is 5.75 Å². The SMILES string of the molecule is Nc1ccc(C=C2Oc3ccccc3NC2=O)cc1. The summed E-state index contributed by atoms with van der Waals surface area (Å²) in [5.74, 6) is 0.655. The van der Waals surface area contributed by atoms with Gasteiger partial charge in [0.1, 0.15) is 0 Å². The minimum absolute atomic E-state index is 0.254. The summed E-state index contributed by atoms with van der Waals surface area (Å²) in [6.45, 7) is 0. The van der Waals surface area contributed by atoms with Gasteiger partial charge in [-0.15, -0.1) is 0 Å². The first-order valence-corrected chi connectivity index (χ1v) is 5.88. The number of carbonyl (C=O) groups excluding carboxylic acids is 1. The quantitative estimate of drug-likeness (QED) is 0.605. The number of ether oxygens (including phenoxy) is 1. The molecule has 3 rings (SSSR count). The third-order valence-corrected chi connectivity index (χ3v) is 2.81. The highest BCUT2D eigenvalue weighted by molar-refractivity contribution is 6.08. The molecule has 0 radical (unpaired) electrons. The molecule has 0 atom stereocenters. The standard InChI is InChI=1S/C15H12N2O2/c16-11-7-5-10(6-8-11)9-14-15(18)17-12-3-1-2-4-13(12)19-14/h1-9H,16H2,(H,17,18). The molecule has 1 aliphatic heterocycles. The van der Waals surface area contributed by atoms with E-state index in [1.165, 1.54) is 0 Å². The molecule has 0 aliphatic carbocycles. The van der Waals surface area contributed by atoms with Gasteiger partial charge >= 0.3 is 0 Å². The van der Waals surface area contributed by atoms with Crippen LogP contribution in [0.2, 0.25) is 0 Å². The average Bonchev–Trinajstić information content (AvgIpc) is 2.42. The smallest absolute Gasteiger partial charge is 0.291 e. The number of hydrogen-bond acceptors (Lipinski definition) is 3. The van der Waals surface area contributed by atoms with Gasteiger partial charge in [-0.05, 0) is 35.9 Å². The van der Waals surface area contributed by atoms with Crippen molar-refractivity contribution in [2.45, 2.75) is 0 Å². The summed E-state index contributed by atoms with van der Waals surface area (Å²) in [7, 11) is 0. The van der Waals surface area contributed by atoms with E-state index in [2.05, 4.69) is 5.32 Å². The number of amides is 1. The summed E-state index contributed by atoms with van der Waals surface area (Å²) in [6, 6.07) is 14.5. The highest BCUT2D eigenvalue weighted by Gasteiger charge is 2.21. The van der Waals surface area contributed by atoms with Crippen LogP contribution in [0.15, 0.2) is 54.3 Å². The molecule has 0 aromatic heterocycles. The molecule has 3 N–H and O–H groups in total. The first-order chi connectivity index (χ1) is 9.22. The fraction of sp³-hybridized carbons (Fsp3) is 0. The molecule has 2 aromatic rings. The number of fused-ring (bicyclic) bond motifs is 1. The monoisotopic (exact) mass is 252 g/mol. The fourth-order valence-electron chi connectivity index (χ4n) is 1.85. The largest absolute Gasteiger partial charge is 0.449 e. The molecule has 2 aromatic carbocycles. The Bertz CT molecular complexity index is 660. The van der Waals surface area contributed by atoms with Crippen molar-refractivity contribution >= 4 is 23.4 Å². The molecule has 1 heterocycles. The summed E-state index contributed by atoms with van der Waals surface area (Å²) < 4.78 is 5.60.